The minimum atomic E-state index is 0.112. The summed E-state index contributed by atoms with van der Waals surface area (Å²) in [4.78, 5) is 12.2. The van der Waals surface area contributed by atoms with Crippen LogP contribution in [0.25, 0.3) is 0 Å². The smallest absolute Gasteiger partial charge is 0.322 e. The number of hydrogen-bond donors (Lipinski definition) is 1. The van der Waals surface area contributed by atoms with Crippen molar-refractivity contribution >= 4 is 17.5 Å². The molecular formula is C13H19ClN6O. The molecule has 8 heteroatoms. The molecule has 0 spiro atoms. The molecule has 2 aromatic rings. The summed E-state index contributed by atoms with van der Waals surface area (Å²) in [6.45, 7) is 5.20. The molecule has 0 fully saturated rings. The largest absolute Gasteiger partial charge is 0.463 e. The van der Waals surface area contributed by atoms with E-state index < -0.39 is 0 Å². The van der Waals surface area contributed by atoms with Crippen LogP contribution in [-0.4, -0.2) is 31.3 Å². The van der Waals surface area contributed by atoms with E-state index in [0.29, 0.717) is 19.1 Å². The van der Waals surface area contributed by atoms with Crippen LogP contribution in [0.15, 0.2) is 6.20 Å². The summed E-state index contributed by atoms with van der Waals surface area (Å²) in [6.07, 6.45) is 3.73. The van der Waals surface area contributed by atoms with E-state index in [0.717, 1.165) is 24.1 Å². The van der Waals surface area contributed by atoms with Gasteiger partial charge in [0.15, 0.2) is 0 Å². The second-order valence-electron chi connectivity index (χ2n) is 4.54. The Morgan fingerprint density at radius 1 is 1.29 bits per heavy atom. The molecule has 0 bridgehead atoms. The molecule has 0 saturated carbocycles. The maximum Gasteiger partial charge on any atom is 0.322 e. The SMILES string of the molecule is CCCOc1nc(Cl)nc(NCc2cn(C)nc2CC)n1. The zero-order chi connectivity index (χ0) is 15.2. The van der Waals surface area contributed by atoms with Crippen LogP contribution in [0, 0.1) is 0 Å². The maximum atomic E-state index is 5.87. The van der Waals surface area contributed by atoms with Crippen molar-refractivity contribution in [3.8, 4) is 6.01 Å². The van der Waals surface area contributed by atoms with Crippen molar-refractivity contribution in [2.24, 2.45) is 7.05 Å². The van der Waals surface area contributed by atoms with Crippen LogP contribution >= 0.6 is 11.6 Å². The summed E-state index contributed by atoms with van der Waals surface area (Å²) in [5, 5.41) is 7.63. The van der Waals surface area contributed by atoms with Gasteiger partial charge in [0.1, 0.15) is 0 Å². The molecule has 2 rings (SSSR count). The van der Waals surface area contributed by atoms with Gasteiger partial charge in [-0.2, -0.15) is 20.1 Å². The van der Waals surface area contributed by atoms with Gasteiger partial charge in [0.05, 0.1) is 12.3 Å². The topological polar surface area (TPSA) is 77.8 Å². The molecule has 0 amide bonds. The molecule has 114 valence electrons. The second kappa shape index (κ2) is 7.21. The highest BCUT2D eigenvalue weighted by Crippen LogP contribution is 2.14. The molecule has 0 atom stereocenters. The summed E-state index contributed by atoms with van der Waals surface area (Å²) in [7, 11) is 1.90. The van der Waals surface area contributed by atoms with Crippen molar-refractivity contribution in [1.82, 2.24) is 24.7 Å². The third-order valence-electron chi connectivity index (χ3n) is 2.79. The van der Waals surface area contributed by atoms with Crippen LogP contribution in [0.4, 0.5) is 5.95 Å². The highest BCUT2D eigenvalue weighted by Gasteiger charge is 2.09. The fourth-order valence-corrected chi connectivity index (χ4v) is 2.02. The number of aromatic nitrogens is 5. The molecule has 0 saturated heterocycles. The van der Waals surface area contributed by atoms with E-state index in [2.05, 4.69) is 32.3 Å². The Morgan fingerprint density at radius 2 is 2.10 bits per heavy atom. The molecule has 0 radical (unpaired) electrons. The fraction of sp³-hybridized carbons (Fsp3) is 0.538. The lowest BCUT2D eigenvalue weighted by atomic mass is 10.2. The van der Waals surface area contributed by atoms with Gasteiger partial charge in [-0.1, -0.05) is 13.8 Å². The predicted octanol–water partition coefficient (Wildman–Crippen LogP) is 2.22. The highest BCUT2D eigenvalue weighted by molar-refractivity contribution is 6.28. The number of hydrogen-bond acceptors (Lipinski definition) is 6. The summed E-state index contributed by atoms with van der Waals surface area (Å²) >= 11 is 5.87. The number of aryl methyl sites for hydroxylation is 2. The third-order valence-corrected chi connectivity index (χ3v) is 2.96. The van der Waals surface area contributed by atoms with Gasteiger partial charge < -0.3 is 10.1 Å². The molecule has 0 aromatic carbocycles. The first-order valence-corrected chi connectivity index (χ1v) is 7.29. The fourth-order valence-electron chi connectivity index (χ4n) is 1.87. The van der Waals surface area contributed by atoms with Gasteiger partial charge in [0, 0.05) is 25.4 Å². The van der Waals surface area contributed by atoms with Crippen molar-refractivity contribution in [3.05, 3.63) is 22.7 Å². The van der Waals surface area contributed by atoms with Crippen molar-refractivity contribution in [3.63, 3.8) is 0 Å². The van der Waals surface area contributed by atoms with Crippen molar-refractivity contribution in [2.45, 2.75) is 33.2 Å². The Hall–Kier alpha value is -1.89. The van der Waals surface area contributed by atoms with Gasteiger partial charge in [-0.15, -0.1) is 0 Å². The van der Waals surface area contributed by atoms with Crippen LogP contribution in [-0.2, 0) is 20.0 Å². The number of anilines is 1. The second-order valence-corrected chi connectivity index (χ2v) is 4.88. The first-order valence-electron chi connectivity index (χ1n) is 6.92. The van der Waals surface area contributed by atoms with Crippen LogP contribution in [0.2, 0.25) is 5.28 Å². The summed E-state index contributed by atoms with van der Waals surface area (Å²) in [5.41, 5.74) is 2.15. The monoisotopic (exact) mass is 310 g/mol. The van der Waals surface area contributed by atoms with Crippen LogP contribution in [0.1, 0.15) is 31.5 Å². The molecule has 1 N–H and O–H groups in total. The standard InChI is InChI=1S/C13H19ClN6O/c1-4-6-21-13-17-11(14)16-12(18-13)15-7-9-8-20(3)19-10(9)5-2/h8H,4-7H2,1-3H3,(H,15,16,17,18). The zero-order valence-corrected chi connectivity index (χ0v) is 13.2. The molecule has 0 aliphatic rings. The Kier molecular flexibility index (Phi) is 5.32. The van der Waals surface area contributed by atoms with Gasteiger partial charge >= 0.3 is 6.01 Å². The quantitative estimate of drug-likeness (QED) is 0.845. The lowest BCUT2D eigenvalue weighted by Crippen LogP contribution is -2.08. The number of nitrogens with one attached hydrogen (secondary N) is 1. The molecular weight excluding hydrogens is 292 g/mol. The van der Waals surface area contributed by atoms with Gasteiger partial charge in [-0.25, -0.2) is 0 Å². The molecule has 0 unspecified atom stereocenters. The van der Waals surface area contributed by atoms with E-state index in [1.165, 1.54) is 0 Å². The molecule has 0 aliphatic carbocycles. The van der Waals surface area contributed by atoms with Crippen molar-refractivity contribution in [2.75, 3.05) is 11.9 Å². The van der Waals surface area contributed by atoms with Gasteiger partial charge in [0.2, 0.25) is 11.2 Å². The molecule has 2 aromatic heterocycles. The van der Waals surface area contributed by atoms with Crippen molar-refractivity contribution in [1.29, 1.82) is 0 Å². The van der Waals surface area contributed by atoms with E-state index in [1.54, 1.807) is 4.68 Å². The van der Waals surface area contributed by atoms with Gasteiger partial charge in [-0.3, -0.25) is 4.68 Å². The molecule has 2 heterocycles. The number of halogens is 1. The zero-order valence-electron chi connectivity index (χ0n) is 12.4. The van der Waals surface area contributed by atoms with E-state index in [9.17, 15) is 0 Å². The lowest BCUT2D eigenvalue weighted by molar-refractivity contribution is 0.291. The molecule has 0 aliphatic heterocycles. The number of rotatable bonds is 7. The van der Waals surface area contributed by atoms with Crippen LogP contribution in [0.3, 0.4) is 0 Å². The Morgan fingerprint density at radius 3 is 2.81 bits per heavy atom. The summed E-state index contributed by atoms with van der Waals surface area (Å²) < 4.78 is 7.17. The van der Waals surface area contributed by atoms with E-state index in [4.69, 9.17) is 16.3 Å². The maximum absolute atomic E-state index is 5.87. The van der Waals surface area contributed by atoms with E-state index >= 15 is 0 Å². The van der Waals surface area contributed by atoms with Gasteiger partial charge in [-0.05, 0) is 24.4 Å². The highest BCUT2D eigenvalue weighted by atomic mass is 35.5. The van der Waals surface area contributed by atoms with Crippen molar-refractivity contribution < 1.29 is 4.74 Å². The number of ether oxygens (including phenoxy) is 1. The number of nitrogens with zero attached hydrogens (tertiary/aromatic N) is 5. The first kappa shape index (κ1) is 15.5. The minimum absolute atomic E-state index is 0.112. The third kappa shape index (κ3) is 4.29. The average molecular weight is 311 g/mol. The molecule has 21 heavy (non-hydrogen) atoms. The average Bonchev–Trinajstić information content (AvgIpc) is 2.82. The Bertz CT molecular complexity index is 600. The Balaban J connectivity index is 2.06. The predicted molar refractivity (Wildman–Crippen MR) is 80.5 cm³/mol. The summed E-state index contributed by atoms with van der Waals surface area (Å²) in [6, 6.07) is 0.237. The first-order chi connectivity index (χ1) is 10.1. The minimum Gasteiger partial charge on any atom is -0.463 e. The van der Waals surface area contributed by atoms with E-state index in [1.807, 2.05) is 20.2 Å². The summed E-state index contributed by atoms with van der Waals surface area (Å²) in [5.74, 6) is 0.395. The lowest BCUT2D eigenvalue weighted by Gasteiger charge is -2.07. The van der Waals surface area contributed by atoms with Gasteiger partial charge in [0.25, 0.3) is 0 Å². The van der Waals surface area contributed by atoms with Crippen LogP contribution in [0.5, 0.6) is 6.01 Å². The Labute approximate surface area is 128 Å². The normalized spacial score (nSPS) is 10.7. The van der Waals surface area contributed by atoms with E-state index in [-0.39, 0.29) is 11.3 Å². The molecule has 7 nitrogen and oxygen atoms in total. The van der Waals surface area contributed by atoms with Crippen LogP contribution < -0.4 is 10.1 Å².